The Labute approximate surface area is 223 Å². The van der Waals surface area contributed by atoms with E-state index >= 15 is 0 Å². The van der Waals surface area contributed by atoms with Gasteiger partial charge >= 0.3 is 0 Å². The number of nitriles is 1. The molecule has 0 unspecified atom stereocenters. The van der Waals surface area contributed by atoms with Crippen LogP contribution in [0.1, 0.15) is 30.0 Å². The van der Waals surface area contributed by atoms with E-state index in [9.17, 15) is 22.5 Å². The van der Waals surface area contributed by atoms with Gasteiger partial charge in [-0.3, -0.25) is 4.57 Å². The number of fused-ring (bicyclic) bond motifs is 4. The Hall–Kier alpha value is -4.07. The summed E-state index contributed by atoms with van der Waals surface area (Å²) in [5, 5.41) is 17.9. The van der Waals surface area contributed by atoms with Gasteiger partial charge in [0, 0.05) is 24.7 Å². The molecule has 5 aromatic rings. The summed E-state index contributed by atoms with van der Waals surface area (Å²) < 4.78 is 59.3. The lowest BCUT2D eigenvalue weighted by Crippen LogP contribution is -2.35. The molecule has 39 heavy (non-hydrogen) atoms. The number of nitrogens with zero attached hydrogens (tertiary/aromatic N) is 9. The first-order valence-electron chi connectivity index (χ1n) is 11.9. The Kier molecular flexibility index (Phi) is 5.21. The van der Waals surface area contributed by atoms with Crippen LogP contribution in [0.4, 0.5) is 14.6 Å². The van der Waals surface area contributed by atoms with Crippen molar-refractivity contribution >= 4 is 49.1 Å². The summed E-state index contributed by atoms with van der Waals surface area (Å²) in [5.41, 5.74) is 0.666. The summed E-state index contributed by atoms with van der Waals surface area (Å²) in [6, 6.07) is 6.56. The van der Waals surface area contributed by atoms with Crippen LogP contribution >= 0.6 is 11.3 Å². The second kappa shape index (κ2) is 8.46. The molecule has 1 aliphatic heterocycles. The molecule has 12 nitrogen and oxygen atoms in total. The highest BCUT2D eigenvalue weighted by molar-refractivity contribution is 7.89. The van der Waals surface area contributed by atoms with Crippen molar-refractivity contribution in [2.75, 3.05) is 11.4 Å². The number of imidazole rings is 1. The smallest absolute Gasteiger partial charge is 0.291 e. The minimum Gasteiger partial charge on any atom is -0.348 e. The summed E-state index contributed by atoms with van der Waals surface area (Å²) in [4.78, 5) is 15.2. The molecule has 16 heteroatoms. The highest BCUT2D eigenvalue weighted by Gasteiger charge is 2.47. The largest absolute Gasteiger partial charge is 0.348 e. The molecule has 5 heterocycles. The van der Waals surface area contributed by atoms with Crippen molar-refractivity contribution in [1.82, 2.24) is 39.0 Å². The number of nitrogens with one attached hydrogen (secondary N) is 1. The Bertz CT molecular complexity index is 1920. The molecule has 1 N–H and O–H groups in total. The third kappa shape index (κ3) is 3.84. The van der Waals surface area contributed by atoms with E-state index in [2.05, 4.69) is 39.3 Å². The van der Waals surface area contributed by atoms with Crippen LogP contribution in [0.15, 0.2) is 41.9 Å². The van der Waals surface area contributed by atoms with Crippen LogP contribution in [-0.2, 0) is 23.1 Å². The van der Waals surface area contributed by atoms with Gasteiger partial charge in [-0.2, -0.15) is 9.98 Å². The Morgan fingerprint density at radius 3 is 2.77 bits per heavy atom. The first-order valence-corrected chi connectivity index (χ1v) is 14.2. The molecule has 0 atom stereocenters. The predicted octanol–water partition coefficient (Wildman–Crippen LogP) is 2.91. The fraction of sp³-hybridized carbons (Fsp3) is 0.304. The number of benzene rings is 1. The molecule has 1 saturated carbocycles. The lowest BCUT2D eigenvalue weighted by molar-refractivity contribution is 0.150. The van der Waals surface area contributed by atoms with E-state index < -0.39 is 27.0 Å². The highest BCUT2D eigenvalue weighted by atomic mass is 32.2. The SMILES string of the molecule is N#CC1(NS(=O)(=O)c2ccc3c4c(N5CCn6cncc6C5)ncnc4n(-c4nnc(C(F)F)s4)c3c2)CC1. The van der Waals surface area contributed by atoms with E-state index in [1.807, 2.05) is 6.07 Å². The van der Waals surface area contributed by atoms with Gasteiger partial charge in [-0.15, -0.1) is 10.2 Å². The van der Waals surface area contributed by atoms with E-state index in [1.165, 1.54) is 23.0 Å². The Balaban J connectivity index is 1.44. The molecule has 0 saturated heterocycles. The monoisotopic (exact) mass is 568 g/mol. The van der Waals surface area contributed by atoms with E-state index in [-0.39, 0.29) is 10.0 Å². The lowest BCUT2D eigenvalue weighted by atomic mass is 10.2. The quantitative estimate of drug-likeness (QED) is 0.326. The Morgan fingerprint density at radius 1 is 1.18 bits per heavy atom. The first kappa shape index (κ1) is 24.0. The predicted molar refractivity (Wildman–Crippen MR) is 136 cm³/mol. The van der Waals surface area contributed by atoms with Crippen LogP contribution in [0.25, 0.3) is 27.1 Å². The van der Waals surface area contributed by atoms with Crippen molar-refractivity contribution in [1.29, 1.82) is 5.26 Å². The molecule has 0 spiro atoms. The molecule has 1 fully saturated rings. The molecular weight excluding hydrogens is 550 g/mol. The maximum absolute atomic E-state index is 13.4. The molecule has 0 bridgehead atoms. The number of hydrogen-bond acceptors (Lipinski definition) is 10. The molecule has 7 rings (SSSR count). The number of anilines is 1. The highest BCUT2D eigenvalue weighted by Crippen LogP contribution is 2.40. The van der Waals surface area contributed by atoms with Gasteiger partial charge < -0.3 is 9.47 Å². The summed E-state index contributed by atoms with van der Waals surface area (Å²) in [5.74, 6) is 0.616. The zero-order valence-electron chi connectivity index (χ0n) is 20.0. The van der Waals surface area contributed by atoms with Gasteiger partial charge in [-0.1, -0.05) is 17.4 Å². The maximum Gasteiger partial charge on any atom is 0.291 e. The van der Waals surface area contributed by atoms with Gasteiger partial charge in [0.25, 0.3) is 6.43 Å². The van der Waals surface area contributed by atoms with Crippen LogP contribution in [0, 0.1) is 11.3 Å². The van der Waals surface area contributed by atoms with Gasteiger partial charge in [-0.05, 0) is 25.0 Å². The number of rotatable bonds is 6. The first-order chi connectivity index (χ1) is 18.8. The van der Waals surface area contributed by atoms with Crippen molar-refractivity contribution in [3.8, 4) is 11.2 Å². The molecule has 0 amide bonds. The van der Waals surface area contributed by atoms with Crippen LogP contribution in [0.3, 0.4) is 0 Å². The van der Waals surface area contributed by atoms with Crippen molar-refractivity contribution in [3.63, 3.8) is 0 Å². The number of hydrogen-bond donors (Lipinski definition) is 1. The molecule has 1 aliphatic carbocycles. The van der Waals surface area contributed by atoms with Crippen LogP contribution in [-0.4, -0.2) is 54.8 Å². The van der Waals surface area contributed by atoms with Gasteiger partial charge in [0.05, 0.1) is 40.4 Å². The van der Waals surface area contributed by atoms with Crippen molar-refractivity contribution < 1.29 is 17.2 Å². The second-order valence-corrected chi connectivity index (χ2v) is 12.1. The molecule has 1 aromatic carbocycles. The summed E-state index contributed by atoms with van der Waals surface area (Å²) in [6.07, 6.45) is 3.00. The minimum absolute atomic E-state index is 0.0736. The number of aromatic nitrogens is 7. The molecule has 4 aromatic heterocycles. The van der Waals surface area contributed by atoms with Gasteiger partial charge in [0.2, 0.25) is 15.2 Å². The van der Waals surface area contributed by atoms with Gasteiger partial charge in [0.1, 0.15) is 17.7 Å². The zero-order chi connectivity index (χ0) is 26.9. The molecular formula is C23H18F2N10O2S2. The summed E-state index contributed by atoms with van der Waals surface area (Å²) in [6.45, 7) is 1.88. The van der Waals surface area contributed by atoms with E-state index in [0.717, 1.165) is 5.69 Å². The standard InChI is InChI=1S/C23H18F2N10O2S2/c24-18(25)21-30-31-22(38-21)35-16-7-14(39(36,37)32-23(10-26)3-4-23)1-2-15(16)17-19(28-11-29-20(17)35)33-5-6-34-12-27-8-13(34)9-33/h1-2,7-8,11-12,18,32H,3-6,9H2. The van der Waals surface area contributed by atoms with E-state index in [4.69, 9.17) is 0 Å². The van der Waals surface area contributed by atoms with Crippen LogP contribution < -0.4 is 9.62 Å². The number of halogens is 2. The van der Waals surface area contributed by atoms with Crippen molar-refractivity contribution in [2.45, 2.75) is 42.8 Å². The fourth-order valence-corrected chi connectivity index (χ4v) is 6.96. The van der Waals surface area contributed by atoms with Crippen molar-refractivity contribution in [2.24, 2.45) is 0 Å². The normalized spacial score (nSPS) is 16.6. The van der Waals surface area contributed by atoms with Gasteiger partial charge in [-0.25, -0.2) is 32.2 Å². The summed E-state index contributed by atoms with van der Waals surface area (Å²) >= 11 is 0.696. The third-order valence-corrected chi connectivity index (χ3v) is 9.42. The second-order valence-electron chi connectivity index (χ2n) is 9.43. The van der Waals surface area contributed by atoms with Crippen LogP contribution in [0.5, 0.6) is 0 Å². The molecule has 0 radical (unpaired) electrons. The van der Waals surface area contributed by atoms with Crippen LogP contribution in [0.2, 0.25) is 0 Å². The maximum atomic E-state index is 13.4. The summed E-state index contributed by atoms with van der Waals surface area (Å²) in [7, 11) is -4.06. The molecule has 198 valence electrons. The zero-order valence-corrected chi connectivity index (χ0v) is 21.6. The minimum atomic E-state index is -4.06. The van der Waals surface area contributed by atoms with Crippen molar-refractivity contribution in [3.05, 3.63) is 47.8 Å². The Morgan fingerprint density at radius 2 is 2.03 bits per heavy atom. The lowest BCUT2D eigenvalue weighted by Gasteiger charge is -2.29. The number of sulfonamides is 1. The number of alkyl halides is 2. The third-order valence-electron chi connectivity index (χ3n) is 6.97. The average molecular weight is 569 g/mol. The molecule has 2 aliphatic rings. The van der Waals surface area contributed by atoms with E-state index in [0.29, 0.717) is 71.6 Å². The average Bonchev–Trinajstić information content (AvgIpc) is 3.28. The van der Waals surface area contributed by atoms with Gasteiger partial charge in [0.15, 0.2) is 10.7 Å². The van der Waals surface area contributed by atoms with E-state index in [1.54, 1.807) is 18.6 Å². The fourth-order valence-electron chi connectivity index (χ4n) is 4.85. The topological polar surface area (TPSA) is 148 Å².